The average molecular weight is 417 g/mol. The lowest BCUT2D eigenvalue weighted by Crippen LogP contribution is -2.12. The van der Waals surface area contributed by atoms with Gasteiger partial charge in [-0.25, -0.2) is 4.39 Å². The van der Waals surface area contributed by atoms with Crippen molar-refractivity contribution >= 4 is 45.4 Å². The lowest BCUT2D eigenvalue weighted by molar-refractivity contribution is 0.102. The third-order valence-electron chi connectivity index (χ3n) is 4.16. The van der Waals surface area contributed by atoms with E-state index in [4.69, 9.17) is 11.6 Å². The summed E-state index contributed by atoms with van der Waals surface area (Å²) < 4.78 is 13.1. The number of carbonyl (C=O) groups excluding carboxylic acids is 2. The Bertz CT molecular complexity index is 1030. The van der Waals surface area contributed by atoms with Gasteiger partial charge in [0.2, 0.25) is 0 Å². The SMILES string of the molecule is CCc1ccc(NC(=O)c2sc(NC(=O)c3ccc(F)cc3Cl)cc2C)cc1. The van der Waals surface area contributed by atoms with E-state index in [2.05, 4.69) is 17.6 Å². The van der Waals surface area contributed by atoms with Gasteiger partial charge in [-0.05, 0) is 60.9 Å². The van der Waals surface area contributed by atoms with E-state index >= 15 is 0 Å². The molecule has 0 atom stereocenters. The number of carbonyl (C=O) groups is 2. The first-order valence-electron chi connectivity index (χ1n) is 8.64. The molecule has 144 valence electrons. The molecule has 0 saturated carbocycles. The van der Waals surface area contributed by atoms with E-state index in [9.17, 15) is 14.0 Å². The maximum atomic E-state index is 13.1. The van der Waals surface area contributed by atoms with Crippen molar-refractivity contribution in [2.75, 3.05) is 10.6 Å². The molecule has 3 rings (SSSR count). The van der Waals surface area contributed by atoms with E-state index < -0.39 is 11.7 Å². The topological polar surface area (TPSA) is 58.2 Å². The molecule has 4 nitrogen and oxygen atoms in total. The van der Waals surface area contributed by atoms with Crippen LogP contribution in [-0.2, 0) is 6.42 Å². The monoisotopic (exact) mass is 416 g/mol. The van der Waals surface area contributed by atoms with Crippen molar-refractivity contribution in [1.82, 2.24) is 0 Å². The van der Waals surface area contributed by atoms with Crippen LogP contribution in [-0.4, -0.2) is 11.8 Å². The molecule has 0 aliphatic carbocycles. The standard InChI is InChI=1S/C21H18ClFN2O2S/c1-3-13-4-7-15(8-5-13)24-21(27)19-12(2)10-18(28-19)25-20(26)16-9-6-14(23)11-17(16)22/h4-11H,3H2,1-2H3,(H,24,27)(H,25,26). The quantitative estimate of drug-likeness (QED) is 0.542. The van der Waals surface area contributed by atoms with Gasteiger partial charge in [-0.3, -0.25) is 9.59 Å². The highest BCUT2D eigenvalue weighted by atomic mass is 35.5. The van der Waals surface area contributed by atoms with Gasteiger partial charge in [0.1, 0.15) is 5.82 Å². The molecule has 2 aromatic carbocycles. The number of benzene rings is 2. The third-order valence-corrected chi connectivity index (χ3v) is 5.62. The number of amides is 2. The first kappa shape index (κ1) is 20.0. The first-order chi connectivity index (χ1) is 13.4. The van der Waals surface area contributed by atoms with Gasteiger partial charge in [0.25, 0.3) is 11.8 Å². The van der Waals surface area contributed by atoms with Crippen LogP contribution >= 0.6 is 22.9 Å². The van der Waals surface area contributed by atoms with Crippen LogP contribution in [0.2, 0.25) is 5.02 Å². The van der Waals surface area contributed by atoms with Crippen molar-refractivity contribution in [3.05, 3.63) is 80.9 Å². The predicted molar refractivity (Wildman–Crippen MR) is 112 cm³/mol. The molecule has 2 amide bonds. The molecule has 28 heavy (non-hydrogen) atoms. The van der Waals surface area contributed by atoms with Gasteiger partial charge in [0, 0.05) is 5.69 Å². The summed E-state index contributed by atoms with van der Waals surface area (Å²) in [6.45, 7) is 3.86. The average Bonchev–Trinajstić information content (AvgIpc) is 3.02. The number of nitrogens with one attached hydrogen (secondary N) is 2. The van der Waals surface area contributed by atoms with Gasteiger partial charge in [-0.2, -0.15) is 0 Å². The van der Waals surface area contributed by atoms with Crippen molar-refractivity contribution in [3.8, 4) is 0 Å². The minimum absolute atomic E-state index is 0.0271. The van der Waals surface area contributed by atoms with Gasteiger partial charge in [0.05, 0.1) is 20.5 Å². The fraction of sp³-hybridized carbons (Fsp3) is 0.143. The molecule has 7 heteroatoms. The van der Waals surface area contributed by atoms with E-state index in [0.717, 1.165) is 18.1 Å². The van der Waals surface area contributed by atoms with Gasteiger partial charge >= 0.3 is 0 Å². The summed E-state index contributed by atoms with van der Waals surface area (Å²) in [5.41, 5.74) is 2.80. The summed E-state index contributed by atoms with van der Waals surface area (Å²) in [7, 11) is 0. The minimum Gasteiger partial charge on any atom is -0.321 e. The minimum atomic E-state index is -0.514. The first-order valence-corrected chi connectivity index (χ1v) is 9.84. The highest BCUT2D eigenvalue weighted by molar-refractivity contribution is 7.18. The highest BCUT2D eigenvalue weighted by Crippen LogP contribution is 2.29. The van der Waals surface area contributed by atoms with Crippen LogP contribution in [0.3, 0.4) is 0 Å². The molecule has 0 spiro atoms. The van der Waals surface area contributed by atoms with Crippen molar-refractivity contribution in [1.29, 1.82) is 0 Å². The smallest absolute Gasteiger partial charge is 0.266 e. The van der Waals surface area contributed by atoms with Gasteiger partial charge in [-0.15, -0.1) is 11.3 Å². The second-order valence-electron chi connectivity index (χ2n) is 6.21. The number of thiophene rings is 1. The molecule has 0 aliphatic heterocycles. The molecule has 0 fully saturated rings. The van der Waals surface area contributed by atoms with E-state index in [1.807, 2.05) is 24.3 Å². The number of aryl methyl sites for hydroxylation is 2. The molecule has 1 heterocycles. The zero-order valence-electron chi connectivity index (χ0n) is 15.3. The molecule has 0 bridgehead atoms. The lowest BCUT2D eigenvalue weighted by atomic mass is 10.1. The molecular weight excluding hydrogens is 399 g/mol. The third kappa shape index (κ3) is 4.58. The Morgan fingerprint density at radius 1 is 1.04 bits per heavy atom. The Kier molecular flexibility index (Phi) is 6.11. The van der Waals surface area contributed by atoms with Crippen LogP contribution in [0.1, 0.15) is 38.1 Å². The van der Waals surface area contributed by atoms with Crippen LogP contribution in [0.15, 0.2) is 48.5 Å². The van der Waals surface area contributed by atoms with E-state index in [0.29, 0.717) is 15.6 Å². The van der Waals surface area contributed by atoms with Gasteiger partial charge in [0.15, 0.2) is 0 Å². The number of hydrogen-bond donors (Lipinski definition) is 2. The number of hydrogen-bond acceptors (Lipinski definition) is 3. The van der Waals surface area contributed by atoms with Crippen LogP contribution in [0.5, 0.6) is 0 Å². The van der Waals surface area contributed by atoms with E-state index in [1.165, 1.54) is 29.0 Å². The van der Waals surface area contributed by atoms with Crippen molar-refractivity contribution in [2.24, 2.45) is 0 Å². The maximum absolute atomic E-state index is 13.1. The molecule has 2 N–H and O–H groups in total. The summed E-state index contributed by atoms with van der Waals surface area (Å²) in [5, 5.41) is 6.10. The van der Waals surface area contributed by atoms with Gasteiger partial charge in [-0.1, -0.05) is 30.7 Å². The second kappa shape index (κ2) is 8.54. The summed E-state index contributed by atoms with van der Waals surface area (Å²) in [6, 6.07) is 12.9. The highest BCUT2D eigenvalue weighted by Gasteiger charge is 2.17. The van der Waals surface area contributed by atoms with Crippen molar-refractivity contribution in [2.45, 2.75) is 20.3 Å². The largest absolute Gasteiger partial charge is 0.321 e. The molecule has 3 aromatic rings. The zero-order valence-corrected chi connectivity index (χ0v) is 16.9. The Balaban J connectivity index is 1.72. The molecule has 0 radical (unpaired) electrons. The second-order valence-corrected chi connectivity index (χ2v) is 7.67. The number of anilines is 2. The van der Waals surface area contributed by atoms with Crippen LogP contribution < -0.4 is 10.6 Å². The van der Waals surface area contributed by atoms with E-state index in [1.54, 1.807) is 13.0 Å². The van der Waals surface area contributed by atoms with Gasteiger partial charge < -0.3 is 10.6 Å². The van der Waals surface area contributed by atoms with E-state index in [-0.39, 0.29) is 16.5 Å². The summed E-state index contributed by atoms with van der Waals surface area (Å²) >= 11 is 7.09. The Morgan fingerprint density at radius 3 is 2.39 bits per heavy atom. The maximum Gasteiger partial charge on any atom is 0.266 e. The molecule has 0 aliphatic rings. The Morgan fingerprint density at radius 2 is 1.75 bits per heavy atom. The van der Waals surface area contributed by atoms with Crippen LogP contribution in [0, 0.1) is 12.7 Å². The van der Waals surface area contributed by atoms with Crippen LogP contribution in [0.25, 0.3) is 0 Å². The molecular formula is C21H18ClFN2O2S. The fourth-order valence-corrected chi connectivity index (χ4v) is 3.85. The molecule has 1 aromatic heterocycles. The number of rotatable bonds is 5. The van der Waals surface area contributed by atoms with Crippen molar-refractivity contribution in [3.63, 3.8) is 0 Å². The number of halogens is 2. The lowest BCUT2D eigenvalue weighted by Gasteiger charge is -2.06. The Hall–Kier alpha value is -2.70. The Labute approximate surface area is 171 Å². The van der Waals surface area contributed by atoms with Crippen molar-refractivity contribution < 1.29 is 14.0 Å². The molecule has 0 saturated heterocycles. The summed E-state index contributed by atoms with van der Waals surface area (Å²) in [5.74, 6) is -1.22. The summed E-state index contributed by atoms with van der Waals surface area (Å²) in [4.78, 5) is 25.5. The predicted octanol–water partition coefficient (Wildman–Crippen LogP) is 5.92. The zero-order chi connectivity index (χ0) is 20.3. The van der Waals surface area contributed by atoms with Crippen LogP contribution in [0.4, 0.5) is 15.1 Å². The summed E-state index contributed by atoms with van der Waals surface area (Å²) in [6.07, 6.45) is 0.930. The normalized spacial score (nSPS) is 10.6. The molecule has 0 unspecified atom stereocenters. The fourth-order valence-electron chi connectivity index (χ4n) is 2.63.